The Kier molecular flexibility index (Phi) is 4.15. The van der Waals surface area contributed by atoms with Crippen LogP contribution in [0.1, 0.15) is 12.8 Å². The number of benzene rings is 1. The number of carbonyl (C=O) groups excluding carboxylic acids is 1. The van der Waals surface area contributed by atoms with Gasteiger partial charge in [0.2, 0.25) is 0 Å². The molecule has 0 bridgehead atoms. The zero-order valence-electron chi connectivity index (χ0n) is 10.1. The van der Waals surface area contributed by atoms with Gasteiger partial charge in [-0.3, -0.25) is 4.79 Å². The van der Waals surface area contributed by atoms with Crippen molar-refractivity contribution in [2.24, 2.45) is 5.73 Å². The molecule has 2 N–H and O–H groups in total. The highest BCUT2D eigenvalue weighted by molar-refractivity contribution is 5.77. The molecule has 0 radical (unpaired) electrons. The Hall–Kier alpha value is -1.62. The van der Waals surface area contributed by atoms with Gasteiger partial charge in [0.05, 0.1) is 0 Å². The average molecular weight is 252 g/mol. The number of amides is 1. The monoisotopic (exact) mass is 252 g/mol. The van der Waals surface area contributed by atoms with Gasteiger partial charge in [-0.05, 0) is 37.1 Å². The summed E-state index contributed by atoms with van der Waals surface area (Å²) in [6.07, 6.45) is 1.67. The topological polar surface area (TPSA) is 55.6 Å². The molecule has 0 spiro atoms. The number of nitrogens with two attached hydrogens (primary N) is 1. The fraction of sp³-hybridized carbons (Fsp3) is 0.462. The van der Waals surface area contributed by atoms with Gasteiger partial charge < -0.3 is 15.4 Å². The molecule has 5 heteroatoms. The van der Waals surface area contributed by atoms with E-state index in [4.69, 9.17) is 10.5 Å². The van der Waals surface area contributed by atoms with Crippen molar-refractivity contribution < 1.29 is 13.9 Å². The molecule has 1 aliphatic heterocycles. The number of hydrogen-bond acceptors (Lipinski definition) is 3. The summed E-state index contributed by atoms with van der Waals surface area (Å²) in [7, 11) is 0. The molecule has 4 nitrogen and oxygen atoms in total. The first-order chi connectivity index (χ1) is 8.65. The summed E-state index contributed by atoms with van der Waals surface area (Å²) < 4.78 is 18.0. The molecule has 1 aromatic rings. The highest BCUT2D eigenvalue weighted by Gasteiger charge is 2.20. The summed E-state index contributed by atoms with van der Waals surface area (Å²) in [6.45, 7) is 1.36. The number of rotatable bonds is 3. The maximum absolute atomic E-state index is 12.7. The Morgan fingerprint density at radius 1 is 1.33 bits per heavy atom. The summed E-state index contributed by atoms with van der Waals surface area (Å²) in [6, 6.07) is 5.83. The maximum Gasteiger partial charge on any atom is 0.260 e. The highest BCUT2D eigenvalue weighted by atomic mass is 19.1. The lowest BCUT2D eigenvalue weighted by Gasteiger charge is -2.30. The van der Waals surface area contributed by atoms with Gasteiger partial charge in [-0.25, -0.2) is 4.39 Å². The van der Waals surface area contributed by atoms with E-state index in [0.29, 0.717) is 18.8 Å². The van der Waals surface area contributed by atoms with Gasteiger partial charge in [0, 0.05) is 19.1 Å². The molecule has 18 heavy (non-hydrogen) atoms. The molecule has 1 heterocycles. The summed E-state index contributed by atoms with van der Waals surface area (Å²) in [4.78, 5) is 13.6. The van der Waals surface area contributed by atoms with Crippen LogP contribution in [0.5, 0.6) is 5.75 Å². The molecule has 0 aromatic heterocycles. The fourth-order valence-electron chi connectivity index (χ4n) is 1.92. The van der Waals surface area contributed by atoms with E-state index in [1.807, 2.05) is 0 Å². The molecule has 0 unspecified atom stereocenters. The Labute approximate surface area is 106 Å². The Bertz CT molecular complexity index is 400. The van der Waals surface area contributed by atoms with Crippen LogP contribution in [0.3, 0.4) is 0 Å². The number of halogens is 1. The van der Waals surface area contributed by atoms with Gasteiger partial charge in [-0.15, -0.1) is 0 Å². The fourth-order valence-corrected chi connectivity index (χ4v) is 1.92. The van der Waals surface area contributed by atoms with E-state index < -0.39 is 0 Å². The first-order valence-corrected chi connectivity index (χ1v) is 6.07. The minimum atomic E-state index is -0.321. The molecule has 0 aliphatic carbocycles. The first kappa shape index (κ1) is 12.8. The maximum atomic E-state index is 12.7. The summed E-state index contributed by atoms with van der Waals surface area (Å²) in [5.41, 5.74) is 5.77. The van der Waals surface area contributed by atoms with Crippen LogP contribution in [0.2, 0.25) is 0 Å². The second kappa shape index (κ2) is 5.82. The Balaban J connectivity index is 1.79. The summed E-state index contributed by atoms with van der Waals surface area (Å²) in [5, 5.41) is 0. The Morgan fingerprint density at radius 3 is 2.56 bits per heavy atom. The van der Waals surface area contributed by atoms with E-state index in [-0.39, 0.29) is 24.4 Å². The highest BCUT2D eigenvalue weighted by Crippen LogP contribution is 2.12. The van der Waals surface area contributed by atoms with Crippen LogP contribution >= 0.6 is 0 Å². The molecule has 98 valence electrons. The predicted molar refractivity (Wildman–Crippen MR) is 65.7 cm³/mol. The molecule has 0 atom stereocenters. The average Bonchev–Trinajstić information content (AvgIpc) is 2.38. The van der Waals surface area contributed by atoms with Crippen LogP contribution in [0.15, 0.2) is 24.3 Å². The third-order valence-electron chi connectivity index (χ3n) is 3.07. The zero-order chi connectivity index (χ0) is 13.0. The number of piperidine rings is 1. The van der Waals surface area contributed by atoms with Crippen LogP contribution < -0.4 is 10.5 Å². The van der Waals surface area contributed by atoms with E-state index in [1.165, 1.54) is 24.3 Å². The quantitative estimate of drug-likeness (QED) is 0.878. The molecular weight excluding hydrogens is 235 g/mol. The van der Waals surface area contributed by atoms with Crippen LogP contribution in [-0.2, 0) is 4.79 Å². The summed E-state index contributed by atoms with van der Waals surface area (Å²) in [5.74, 6) is 0.128. The lowest BCUT2D eigenvalue weighted by Crippen LogP contribution is -2.44. The minimum Gasteiger partial charge on any atom is -0.484 e. The third kappa shape index (κ3) is 3.43. The third-order valence-corrected chi connectivity index (χ3v) is 3.07. The molecule has 1 amide bonds. The Morgan fingerprint density at radius 2 is 1.94 bits per heavy atom. The van der Waals surface area contributed by atoms with Crippen LogP contribution in [-0.4, -0.2) is 36.5 Å². The molecule has 0 saturated carbocycles. The van der Waals surface area contributed by atoms with Crippen molar-refractivity contribution in [2.75, 3.05) is 19.7 Å². The number of hydrogen-bond donors (Lipinski definition) is 1. The number of ether oxygens (including phenoxy) is 1. The van der Waals surface area contributed by atoms with Crippen molar-refractivity contribution in [3.63, 3.8) is 0 Å². The predicted octanol–water partition coefficient (Wildman–Crippen LogP) is 1.15. The second-order valence-electron chi connectivity index (χ2n) is 4.46. The number of carbonyl (C=O) groups is 1. The standard InChI is InChI=1S/C13H17FN2O2/c14-10-1-3-12(4-2-10)18-9-13(17)16-7-5-11(15)6-8-16/h1-4,11H,5-9,15H2. The van der Waals surface area contributed by atoms with Crippen LogP contribution in [0, 0.1) is 5.82 Å². The summed E-state index contributed by atoms with van der Waals surface area (Å²) >= 11 is 0. The molecule has 1 aliphatic rings. The zero-order valence-corrected chi connectivity index (χ0v) is 10.1. The first-order valence-electron chi connectivity index (χ1n) is 6.07. The van der Waals surface area contributed by atoms with Crippen molar-refractivity contribution in [3.8, 4) is 5.75 Å². The van der Waals surface area contributed by atoms with Crippen LogP contribution in [0.4, 0.5) is 4.39 Å². The van der Waals surface area contributed by atoms with E-state index in [9.17, 15) is 9.18 Å². The smallest absolute Gasteiger partial charge is 0.260 e. The minimum absolute atomic E-state index is 0.0130. The van der Waals surface area contributed by atoms with Crippen molar-refractivity contribution in [2.45, 2.75) is 18.9 Å². The van der Waals surface area contributed by atoms with Gasteiger partial charge in [-0.2, -0.15) is 0 Å². The van der Waals surface area contributed by atoms with Crippen molar-refractivity contribution >= 4 is 5.91 Å². The van der Waals surface area contributed by atoms with E-state index in [0.717, 1.165) is 12.8 Å². The van der Waals surface area contributed by atoms with E-state index in [2.05, 4.69) is 0 Å². The van der Waals surface area contributed by atoms with Gasteiger partial charge in [0.15, 0.2) is 6.61 Å². The molecule has 2 rings (SSSR count). The number of nitrogens with zero attached hydrogens (tertiary/aromatic N) is 1. The van der Waals surface area contributed by atoms with E-state index >= 15 is 0 Å². The van der Waals surface area contributed by atoms with Gasteiger partial charge in [0.25, 0.3) is 5.91 Å². The largest absolute Gasteiger partial charge is 0.484 e. The van der Waals surface area contributed by atoms with Crippen molar-refractivity contribution in [3.05, 3.63) is 30.1 Å². The molecule has 1 saturated heterocycles. The lowest BCUT2D eigenvalue weighted by molar-refractivity contribution is -0.134. The van der Waals surface area contributed by atoms with Crippen molar-refractivity contribution in [1.29, 1.82) is 0 Å². The molecule has 1 aromatic carbocycles. The normalized spacial score (nSPS) is 16.7. The number of likely N-dealkylation sites (tertiary alicyclic amines) is 1. The van der Waals surface area contributed by atoms with Crippen LogP contribution in [0.25, 0.3) is 0 Å². The lowest BCUT2D eigenvalue weighted by atomic mass is 10.1. The van der Waals surface area contributed by atoms with Crippen molar-refractivity contribution in [1.82, 2.24) is 4.90 Å². The molecular formula is C13H17FN2O2. The van der Waals surface area contributed by atoms with Gasteiger partial charge in [0.1, 0.15) is 11.6 Å². The van der Waals surface area contributed by atoms with Gasteiger partial charge in [-0.1, -0.05) is 0 Å². The van der Waals surface area contributed by atoms with Gasteiger partial charge >= 0.3 is 0 Å². The molecule has 1 fully saturated rings. The second-order valence-corrected chi connectivity index (χ2v) is 4.46. The SMILES string of the molecule is NC1CCN(C(=O)COc2ccc(F)cc2)CC1. The van der Waals surface area contributed by atoms with E-state index in [1.54, 1.807) is 4.90 Å².